The van der Waals surface area contributed by atoms with Crippen LogP contribution in [0.15, 0.2) is 30.3 Å². The molecule has 0 spiro atoms. The number of carbonyl (C=O) groups is 1. The molecule has 1 aromatic carbocycles. The summed E-state index contributed by atoms with van der Waals surface area (Å²) in [4.78, 5) is 11.0. The Morgan fingerprint density at radius 2 is 1.95 bits per heavy atom. The summed E-state index contributed by atoms with van der Waals surface area (Å²) in [7, 11) is -3.39. The monoisotopic (exact) mass is 297 g/mol. The van der Waals surface area contributed by atoms with Gasteiger partial charge in [-0.3, -0.25) is 4.79 Å². The molecule has 20 heavy (non-hydrogen) atoms. The molecule has 0 aliphatic carbocycles. The van der Waals surface area contributed by atoms with Crippen LogP contribution in [0.3, 0.4) is 0 Å². The van der Waals surface area contributed by atoms with Gasteiger partial charge in [-0.2, -0.15) is 0 Å². The average Bonchev–Trinajstić information content (AvgIpc) is 2.81. The molecule has 1 aliphatic heterocycles. The first kappa shape index (κ1) is 15.0. The van der Waals surface area contributed by atoms with Gasteiger partial charge >= 0.3 is 5.97 Å². The van der Waals surface area contributed by atoms with Crippen molar-refractivity contribution in [1.82, 2.24) is 4.31 Å². The van der Waals surface area contributed by atoms with E-state index in [0.717, 1.165) is 5.56 Å². The van der Waals surface area contributed by atoms with Crippen molar-refractivity contribution in [3.05, 3.63) is 35.9 Å². The number of aryl methyl sites for hydroxylation is 1. The second-order valence-electron chi connectivity index (χ2n) is 5.29. The maximum atomic E-state index is 12.3. The summed E-state index contributed by atoms with van der Waals surface area (Å²) in [5.41, 5.74) is 0.970. The van der Waals surface area contributed by atoms with Crippen molar-refractivity contribution in [2.45, 2.75) is 13.3 Å². The Bertz CT molecular complexity index is 570. The second kappa shape index (κ2) is 5.93. The topological polar surface area (TPSA) is 74.7 Å². The summed E-state index contributed by atoms with van der Waals surface area (Å²) in [6.07, 6.45) is 0.450. The minimum Gasteiger partial charge on any atom is -0.481 e. The highest BCUT2D eigenvalue weighted by Crippen LogP contribution is 2.25. The molecule has 1 fully saturated rings. The van der Waals surface area contributed by atoms with Crippen molar-refractivity contribution in [3.8, 4) is 0 Å². The molecule has 110 valence electrons. The minimum absolute atomic E-state index is 0.0239. The van der Waals surface area contributed by atoms with Crippen LogP contribution in [0.25, 0.3) is 0 Å². The van der Waals surface area contributed by atoms with Crippen molar-refractivity contribution in [2.75, 3.05) is 18.8 Å². The molecule has 1 heterocycles. The van der Waals surface area contributed by atoms with E-state index in [-0.39, 0.29) is 18.2 Å². The van der Waals surface area contributed by atoms with Crippen LogP contribution >= 0.6 is 0 Å². The third kappa shape index (κ3) is 3.37. The number of hydrogen-bond acceptors (Lipinski definition) is 3. The van der Waals surface area contributed by atoms with E-state index in [1.54, 1.807) is 6.92 Å². The third-order valence-electron chi connectivity index (χ3n) is 3.78. The number of hydrogen-bond donors (Lipinski definition) is 1. The van der Waals surface area contributed by atoms with Gasteiger partial charge in [-0.05, 0) is 17.9 Å². The molecular formula is C14H19NO4S. The summed E-state index contributed by atoms with van der Waals surface area (Å²) in [6.45, 7) is 2.17. The quantitative estimate of drug-likeness (QED) is 0.886. The van der Waals surface area contributed by atoms with Crippen molar-refractivity contribution in [1.29, 1.82) is 0 Å². The molecule has 0 saturated carbocycles. The number of nitrogens with zero attached hydrogens (tertiary/aromatic N) is 1. The van der Waals surface area contributed by atoms with Crippen molar-refractivity contribution >= 4 is 16.0 Å². The highest BCUT2D eigenvalue weighted by molar-refractivity contribution is 7.89. The molecule has 6 heteroatoms. The fourth-order valence-corrected chi connectivity index (χ4v) is 4.09. The van der Waals surface area contributed by atoms with E-state index >= 15 is 0 Å². The summed E-state index contributed by atoms with van der Waals surface area (Å²) >= 11 is 0. The van der Waals surface area contributed by atoms with E-state index in [1.807, 2.05) is 30.3 Å². The van der Waals surface area contributed by atoms with Crippen LogP contribution in [0.5, 0.6) is 0 Å². The van der Waals surface area contributed by atoms with Crippen LogP contribution < -0.4 is 0 Å². The molecule has 0 aromatic heterocycles. The van der Waals surface area contributed by atoms with Crippen molar-refractivity contribution in [2.24, 2.45) is 11.8 Å². The summed E-state index contributed by atoms with van der Waals surface area (Å²) in [5.74, 6) is -1.63. The van der Waals surface area contributed by atoms with E-state index in [9.17, 15) is 13.2 Å². The summed E-state index contributed by atoms with van der Waals surface area (Å²) < 4.78 is 25.8. The van der Waals surface area contributed by atoms with Crippen molar-refractivity contribution < 1.29 is 18.3 Å². The van der Waals surface area contributed by atoms with Gasteiger partial charge in [0.25, 0.3) is 0 Å². The molecule has 2 rings (SSSR count). The predicted octanol–water partition coefficient (Wildman–Crippen LogP) is 1.21. The third-order valence-corrected chi connectivity index (χ3v) is 5.59. The molecule has 2 atom stereocenters. The lowest BCUT2D eigenvalue weighted by atomic mass is 9.99. The van der Waals surface area contributed by atoms with Crippen LogP contribution in [0.2, 0.25) is 0 Å². The van der Waals surface area contributed by atoms with Gasteiger partial charge < -0.3 is 5.11 Å². The molecule has 1 saturated heterocycles. The van der Waals surface area contributed by atoms with Gasteiger partial charge in [0.05, 0.1) is 11.7 Å². The van der Waals surface area contributed by atoms with Crippen LogP contribution in [-0.4, -0.2) is 42.6 Å². The first-order valence-corrected chi connectivity index (χ1v) is 8.25. The van der Waals surface area contributed by atoms with E-state index in [1.165, 1.54) is 4.31 Å². The first-order valence-electron chi connectivity index (χ1n) is 6.64. The lowest BCUT2D eigenvalue weighted by molar-refractivity contribution is -0.142. The maximum Gasteiger partial charge on any atom is 0.308 e. The predicted molar refractivity (Wildman–Crippen MR) is 75.8 cm³/mol. The molecule has 0 amide bonds. The lowest BCUT2D eigenvalue weighted by Crippen LogP contribution is -2.32. The minimum atomic E-state index is -3.39. The van der Waals surface area contributed by atoms with Crippen LogP contribution in [0.1, 0.15) is 12.5 Å². The zero-order chi connectivity index (χ0) is 14.8. The molecule has 1 N–H and O–H groups in total. The Morgan fingerprint density at radius 3 is 2.50 bits per heavy atom. The second-order valence-corrected chi connectivity index (χ2v) is 7.38. The number of rotatable bonds is 5. The van der Waals surface area contributed by atoms with Crippen LogP contribution in [0.4, 0.5) is 0 Å². The Labute approximate surface area is 119 Å². The number of aliphatic carboxylic acids is 1. The Hall–Kier alpha value is -1.40. The summed E-state index contributed by atoms with van der Waals surface area (Å²) in [6, 6.07) is 9.42. The van der Waals surface area contributed by atoms with Gasteiger partial charge in [-0.25, -0.2) is 12.7 Å². The van der Waals surface area contributed by atoms with E-state index in [0.29, 0.717) is 13.0 Å². The largest absolute Gasteiger partial charge is 0.481 e. The first-order chi connectivity index (χ1) is 9.40. The van der Waals surface area contributed by atoms with Gasteiger partial charge in [0.2, 0.25) is 10.0 Å². The van der Waals surface area contributed by atoms with Gasteiger partial charge in [-0.15, -0.1) is 0 Å². The summed E-state index contributed by atoms with van der Waals surface area (Å²) in [5, 5.41) is 9.05. The molecular weight excluding hydrogens is 278 g/mol. The van der Waals surface area contributed by atoms with Crippen LogP contribution in [0, 0.1) is 11.8 Å². The maximum absolute atomic E-state index is 12.3. The molecule has 5 nitrogen and oxygen atoms in total. The van der Waals surface area contributed by atoms with Crippen LogP contribution in [-0.2, 0) is 21.2 Å². The van der Waals surface area contributed by atoms with Gasteiger partial charge in [-0.1, -0.05) is 37.3 Å². The normalized spacial score (nSPS) is 23.9. The van der Waals surface area contributed by atoms with Crippen molar-refractivity contribution in [3.63, 3.8) is 0 Å². The fraction of sp³-hybridized carbons (Fsp3) is 0.500. The van der Waals surface area contributed by atoms with Gasteiger partial charge in [0.15, 0.2) is 0 Å². The standard InChI is InChI=1S/C14H19NO4S/c1-11-9-15(10-13(11)14(16)17)20(18,19)8-7-12-5-3-2-4-6-12/h2-6,11,13H,7-10H2,1H3,(H,16,17)/t11-,13-/m1/s1. The Morgan fingerprint density at radius 1 is 1.30 bits per heavy atom. The smallest absolute Gasteiger partial charge is 0.308 e. The fourth-order valence-electron chi connectivity index (χ4n) is 2.49. The number of benzene rings is 1. The molecule has 1 aromatic rings. The van der Waals surface area contributed by atoms with E-state index in [4.69, 9.17) is 5.11 Å². The SMILES string of the molecule is C[C@@H]1CN(S(=O)(=O)CCc2ccccc2)C[C@H]1C(=O)O. The lowest BCUT2D eigenvalue weighted by Gasteiger charge is -2.15. The van der Waals surface area contributed by atoms with Gasteiger partial charge in [0.1, 0.15) is 0 Å². The zero-order valence-electron chi connectivity index (χ0n) is 11.4. The highest BCUT2D eigenvalue weighted by Gasteiger charge is 2.39. The van der Waals surface area contributed by atoms with Gasteiger partial charge in [0, 0.05) is 13.1 Å². The number of sulfonamides is 1. The number of carboxylic acids is 1. The average molecular weight is 297 g/mol. The van der Waals surface area contributed by atoms with E-state index < -0.39 is 21.9 Å². The van der Waals surface area contributed by atoms with E-state index in [2.05, 4.69) is 0 Å². The zero-order valence-corrected chi connectivity index (χ0v) is 12.2. The number of carboxylic acid groups (broad SMARTS) is 1. The molecule has 0 radical (unpaired) electrons. The molecule has 0 unspecified atom stereocenters. The molecule has 1 aliphatic rings. The Kier molecular flexibility index (Phi) is 4.45. The Balaban J connectivity index is 1.99. The molecule has 0 bridgehead atoms. The highest BCUT2D eigenvalue weighted by atomic mass is 32.2.